The Bertz CT molecular complexity index is 1990. The highest BCUT2D eigenvalue weighted by Gasteiger charge is 2.34. The highest BCUT2D eigenvalue weighted by molar-refractivity contribution is 5.85. The van der Waals surface area contributed by atoms with E-state index < -0.39 is 0 Å². The Hall–Kier alpha value is -5.38. The maximum absolute atomic E-state index is 10.0. The second-order valence-corrected chi connectivity index (χ2v) is 12.4. The van der Waals surface area contributed by atoms with Gasteiger partial charge in [0.15, 0.2) is 0 Å². The summed E-state index contributed by atoms with van der Waals surface area (Å²) in [6.07, 6.45) is 15.5. The average molecular weight is 582 g/mol. The number of rotatable bonds is 5. The van der Waals surface area contributed by atoms with Crippen molar-refractivity contribution in [2.45, 2.75) is 45.4 Å². The molecule has 3 nitrogen and oxygen atoms in total. The van der Waals surface area contributed by atoms with Crippen LogP contribution in [0.2, 0.25) is 0 Å². The summed E-state index contributed by atoms with van der Waals surface area (Å²) in [6, 6.07) is 33.1. The van der Waals surface area contributed by atoms with Crippen LogP contribution < -0.4 is 4.90 Å². The average Bonchev–Trinajstić information content (AvgIpc) is 3.08. The lowest BCUT2D eigenvalue weighted by atomic mass is 9.71. The Balaban J connectivity index is 1.19. The van der Waals surface area contributed by atoms with Gasteiger partial charge < -0.3 is 4.90 Å². The van der Waals surface area contributed by atoms with Crippen LogP contribution in [0.5, 0.6) is 0 Å². The monoisotopic (exact) mass is 581 g/mol. The van der Waals surface area contributed by atoms with E-state index in [1.807, 2.05) is 6.92 Å². The predicted molar refractivity (Wildman–Crippen MR) is 186 cm³/mol. The van der Waals surface area contributed by atoms with Crippen LogP contribution in [0.15, 0.2) is 114 Å². The summed E-state index contributed by atoms with van der Waals surface area (Å²) in [4.78, 5) is 6.19. The molecule has 0 fully saturated rings. The first-order valence-corrected chi connectivity index (χ1v) is 15.8. The van der Waals surface area contributed by atoms with E-state index in [9.17, 15) is 5.26 Å². The predicted octanol–water partition coefficient (Wildman–Crippen LogP) is 10.9. The van der Waals surface area contributed by atoms with Crippen LogP contribution in [0.3, 0.4) is 0 Å². The van der Waals surface area contributed by atoms with E-state index in [0.29, 0.717) is 11.3 Å². The summed E-state index contributed by atoms with van der Waals surface area (Å²) < 4.78 is 0. The quantitative estimate of drug-likeness (QED) is 0.173. The second kappa shape index (κ2) is 12.0. The van der Waals surface area contributed by atoms with Crippen molar-refractivity contribution in [3.63, 3.8) is 0 Å². The molecule has 0 aliphatic heterocycles. The van der Waals surface area contributed by atoms with E-state index in [1.165, 1.54) is 41.6 Å². The number of fused-ring (bicyclic) bond motifs is 4. The molecule has 0 radical (unpaired) electrons. The third-order valence-electron chi connectivity index (χ3n) is 9.41. The lowest BCUT2D eigenvalue weighted by Crippen LogP contribution is -2.20. The van der Waals surface area contributed by atoms with Crippen LogP contribution in [0.25, 0.3) is 22.7 Å². The van der Waals surface area contributed by atoms with Crippen molar-refractivity contribution in [2.75, 3.05) is 4.90 Å². The lowest BCUT2D eigenvalue weighted by Gasteiger charge is -2.32. The van der Waals surface area contributed by atoms with Crippen LogP contribution >= 0.6 is 0 Å². The van der Waals surface area contributed by atoms with Crippen LogP contribution in [0, 0.1) is 30.7 Å². The summed E-state index contributed by atoms with van der Waals surface area (Å²) in [5, 5.41) is 10.0. The molecule has 4 aromatic rings. The molecular formula is C42H35N3. The minimum Gasteiger partial charge on any atom is -0.310 e. The van der Waals surface area contributed by atoms with Crippen molar-refractivity contribution in [1.82, 2.24) is 0 Å². The third kappa shape index (κ3) is 5.43. The van der Waals surface area contributed by atoms with Crippen molar-refractivity contribution in [1.29, 1.82) is 5.26 Å². The first kappa shape index (κ1) is 28.4. The van der Waals surface area contributed by atoms with E-state index in [0.717, 1.165) is 45.6 Å². The van der Waals surface area contributed by atoms with Crippen LogP contribution in [-0.2, 0) is 12.8 Å². The van der Waals surface area contributed by atoms with E-state index in [2.05, 4.69) is 138 Å². The van der Waals surface area contributed by atoms with Gasteiger partial charge in [-0.05, 0) is 109 Å². The Morgan fingerprint density at radius 2 is 1.44 bits per heavy atom. The van der Waals surface area contributed by atoms with Gasteiger partial charge in [-0.15, -0.1) is 0 Å². The van der Waals surface area contributed by atoms with Crippen molar-refractivity contribution in [3.05, 3.63) is 165 Å². The summed E-state index contributed by atoms with van der Waals surface area (Å²) in [5.74, 6) is 0.0123. The molecular weight excluding hydrogens is 546 g/mol. The third-order valence-corrected chi connectivity index (χ3v) is 9.41. The molecule has 3 aliphatic carbocycles. The Morgan fingerprint density at radius 1 is 0.778 bits per heavy atom. The first-order valence-electron chi connectivity index (χ1n) is 15.8. The molecule has 0 saturated heterocycles. The summed E-state index contributed by atoms with van der Waals surface area (Å²) in [7, 11) is 0. The van der Waals surface area contributed by atoms with Crippen molar-refractivity contribution < 1.29 is 0 Å². The van der Waals surface area contributed by atoms with E-state index >= 15 is 0 Å². The minimum atomic E-state index is -0.0720. The van der Waals surface area contributed by atoms with Crippen LogP contribution in [0.4, 0.5) is 17.1 Å². The van der Waals surface area contributed by atoms with Gasteiger partial charge in [-0.1, -0.05) is 90.0 Å². The highest BCUT2D eigenvalue weighted by Crippen LogP contribution is 2.47. The molecule has 0 amide bonds. The minimum absolute atomic E-state index is 0.0720. The van der Waals surface area contributed by atoms with Gasteiger partial charge in [0.1, 0.15) is 0 Å². The molecule has 0 spiro atoms. The fraction of sp³-hybridized carbons (Fsp3) is 0.190. The first-order chi connectivity index (χ1) is 22.0. The van der Waals surface area contributed by atoms with Gasteiger partial charge in [0.05, 0.1) is 12.6 Å². The van der Waals surface area contributed by atoms with Gasteiger partial charge in [0.25, 0.3) is 0 Å². The van der Waals surface area contributed by atoms with Crippen molar-refractivity contribution in [3.8, 4) is 6.07 Å². The van der Waals surface area contributed by atoms with Gasteiger partial charge in [-0.2, -0.15) is 5.26 Å². The smallest absolute Gasteiger partial charge is 0.208 e. The Labute approximate surface area is 266 Å². The van der Waals surface area contributed by atoms with E-state index in [1.54, 1.807) is 0 Å². The molecule has 7 rings (SSSR count). The molecule has 2 unspecified atom stereocenters. The molecule has 2 atom stereocenters. The topological polar surface area (TPSA) is 31.4 Å². The molecule has 0 aromatic heterocycles. The van der Waals surface area contributed by atoms with Crippen LogP contribution in [0.1, 0.15) is 64.6 Å². The van der Waals surface area contributed by atoms with Gasteiger partial charge in [0.2, 0.25) is 5.70 Å². The fourth-order valence-corrected chi connectivity index (χ4v) is 7.03. The normalized spacial score (nSPS) is 18.4. The number of anilines is 3. The number of nitriles is 1. The Kier molecular flexibility index (Phi) is 7.54. The lowest BCUT2D eigenvalue weighted by molar-refractivity contribution is 0.661. The summed E-state index contributed by atoms with van der Waals surface area (Å²) in [5.41, 5.74) is 13.9. The van der Waals surface area contributed by atoms with Gasteiger partial charge in [-0.25, -0.2) is 4.85 Å². The zero-order valence-electron chi connectivity index (χ0n) is 25.8. The molecule has 0 N–H and O–H groups in total. The Morgan fingerprint density at radius 3 is 2.18 bits per heavy atom. The number of nitrogens with zero attached hydrogens (tertiary/aromatic N) is 3. The SMILES string of the molecule is [C-]#[N+]C1=C(C#N)C2C=C(C)C=CC2c2ccc(C=Cc3ccc(N(c4ccc(C)cc4)c4ccc5c(c4)CCCC5)cc3)cc21. The number of allylic oxidation sites excluding steroid dienone is 5. The maximum atomic E-state index is 10.0. The standard InChI is InChI=1S/C42H35N3/c1-28-8-17-34(18-9-28)45(36-21-16-32-6-4-5-7-33(32)26-36)35-19-13-30(14-20-35)11-12-31-15-23-38-37-22-10-29(2)24-39(37)41(27-43)42(44-3)40(38)25-31/h8-26,37,39H,4-7H2,1-2H3. The fourth-order valence-electron chi connectivity index (χ4n) is 7.03. The zero-order valence-corrected chi connectivity index (χ0v) is 25.8. The zero-order chi connectivity index (χ0) is 30.9. The number of aryl methyl sites for hydroxylation is 3. The number of hydrogen-bond acceptors (Lipinski definition) is 2. The van der Waals surface area contributed by atoms with Gasteiger partial charge in [0, 0.05) is 34.5 Å². The molecule has 218 valence electrons. The molecule has 4 aromatic carbocycles. The van der Waals surface area contributed by atoms with E-state index in [4.69, 9.17) is 6.57 Å². The molecule has 0 heterocycles. The van der Waals surface area contributed by atoms with Crippen LogP contribution in [-0.4, -0.2) is 0 Å². The largest absolute Gasteiger partial charge is 0.310 e. The number of benzene rings is 4. The van der Waals surface area contributed by atoms with Gasteiger partial charge in [-0.3, -0.25) is 0 Å². The van der Waals surface area contributed by atoms with Crippen molar-refractivity contribution >= 4 is 34.9 Å². The van der Waals surface area contributed by atoms with Gasteiger partial charge >= 0.3 is 0 Å². The molecule has 0 saturated carbocycles. The summed E-state index contributed by atoms with van der Waals surface area (Å²) >= 11 is 0. The maximum Gasteiger partial charge on any atom is 0.208 e. The van der Waals surface area contributed by atoms with Crippen molar-refractivity contribution in [2.24, 2.45) is 5.92 Å². The highest BCUT2D eigenvalue weighted by atomic mass is 15.1. The molecule has 45 heavy (non-hydrogen) atoms. The molecule has 0 bridgehead atoms. The number of hydrogen-bond donors (Lipinski definition) is 0. The summed E-state index contributed by atoms with van der Waals surface area (Å²) in [6.45, 7) is 12.1. The molecule has 3 aliphatic rings. The van der Waals surface area contributed by atoms with E-state index in [-0.39, 0.29) is 11.8 Å². The molecule has 3 heteroatoms. The second-order valence-electron chi connectivity index (χ2n) is 12.4.